The van der Waals surface area contributed by atoms with E-state index in [0.29, 0.717) is 177 Å². The summed E-state index contributed by atoms with van der Waals surface area (Å²) in [5.41, 5.74) is 19.0. The number of thiol groups is 2. The van der Waals surface area contributed by atoms with Gasteiger partial charge >= 0.3 is 0 Å². The Kier molecular flexibility index (Phi) is 70.2. The number of carbonyl (C=O) groups excluding carboxylic acids is 8. The van der Waals surface area contributed by atoms with Crippen LogP contribution in [0.5, 0.6) is 0 Å². The molecule has 0 aromatic carbocycles. The van der Waals surface area contributed by atoms with Gasteiger partial charge in [0.15, 0.2) is 0 Å². The smallest absolute Gasteiger partial charge is 0.226 e. The Morgan fingerprint density at radius 3 is 1.16 bits per heavy atom. The summed E-state index contributed by atoms with van der Waals surface area (Å²) in [5, 5.41) is 24.9. The highest BCUT2D eigenvalue weighted by Gasteiger charge is 2.50. The Balaban J connectivity index is -0.000000637. The van der Waals surface area contributed by atoms with Gasteiger partial charge in [-0.05, 0) is 129 Å². The summed E-state index contributed by atoms with van der Waals surface area (Å²) in [4.78, 5) is 107. The van der Waals surface area contributed by atoms with Crippen molar-refractivity contribution in [1.29, 1.82) is 0 Å². The molecule has 0 radical (unpaired) electrons. The molecule has 6 atom stereocenters. The summed E-state index contributed by atoms with van der Waals surface area (Å²) >= 11 is 8.76. The summed E-state index contributed by atoms with van der Waals surface area (Å²) in [5.74, 6) is -0.0809. The maximum atomic E-state index is 14.1. The van der Waals surface area contributed by atoms with Crippen LogP contribution in [0.2, 0.25) is 0 Å². The first-order valence-corrected chi connectivity index (χ1v) is 48.9. The lowest BCUT2D eigenvalue weighted by atomic mass is 9.64. The highest BCUT2D eigenvalue weighted by molar-refractivity contribution is 8.77. The van der Waals surface area contributed by atoms with Crippen molar-refractivity contribution in [2.24, 2.45) is 61.2 Å². The van der Waals surface area contributed by atoms with Crippen LogP contribution in [0.3, 0.4) is 0 Å². The lowest BCUT2D eigenvalue weighted by Gasteiger charge is -2.41. The fraction of sp³-hybridized carbons (Fsp3) is 0.900. The van der Waals surface area contributed by atoms with Crippen molar-refractivity contribution in [1.82, 2.24) is 42.5 Å². The molecule has 18 N–H and O–H groups in total. The molecular weight excluding hydrogens is 1600 g/mol. The topological polar surface area (TPSA) is 487 Å². The van der Waals surface area contributed by atoms with Crippen LogP contribution in [0.4, 0.5) is 0 Å². The van der Waals surface area contributed by atoms with Gasteiger partial charge in [-0.3, -0.25) is 38.4 Å². The first-order chi connectivity index (χ1) is 54.1. The molecular formula is C80H169N15O15S6. The lowest BCUT2D eigenvalue weighted by Crippen LogP contribution is -2.51. The zero-order valence-corrected chi connectivity index (χ0v) is 80.5. The van der Waals surface area contributed by atoms with E-state index < -0.39 is 64.2 Å². The van der Waals surface area contributed by atoms with E-state index in [4.69, 9.17) is 21.9 Å². The summed E-state index contributed by atoms with van der Waals surface area (Å²) in [6.07, 6.45) is 15.4. The average molecular weight is 1770 g/mol. The van der Waals surface area contributed by atoms with E-state index in [-0.39, 0.29) is 85.8 Å². The maximum Gasteiger partial charge on any atom is 0.226 e. The Hall–Kier alpha value is -3.34. The molecule has 6 unspecified atom stereocenters. The van der Waals surface area contributed by atoms with Gasteiger partial charge in [-0.1, -0.05) is 131 Å². The number of quaternary nitrogens is 2. The highest BCUT2D eigenvalue weighted by atomic mass is 33.1. The fourth-order valence-electron chi connectivity index (χ4n) is 13.4. The molecule has 0 aromatic rings. The number of ether oxygens (including phenoxy) is 1. The summed E-state index contributed by atoms with van der Waals surface area (Å²) in [7, 11) is 6.14. The number of rotatable bonds is 60. The van der Waals surface area contributed by atoms with E-state index in [0.717, 1.165) is 62.5 Å². The standard InChI is InChI=1S/C37H74N6O8S3.C36H70N6O7S3.C3H8.C2H7N.2CH5N/c1-8-36(4,33(46)42-21-25-51-24-17-38)29-37(5,34(47)41-20-12-22-43(6,7)23-13-27-54(48,49)50)28-35(2,3)32(45)40-19-11-18-39-31(44)15-10-9-14-30(53)16-26-52;1-8-35(4,32(45)40-19-11-18-37)28-36(5,33(46)41-22-13-23-42(6,7)24-14-26-52(47,48)49)27-34(2,3)31(44)39-21-12-20-38-30(43)16-10-9-15-29-17-25-50-51-29;1-3-2;1-2-3;2*1-2/h30H,8-29,38H2,1-7H3,(H6-,39,40,41,42,44,45,46,47,48,49,50,52,53);29H,8-28,37H2,1-7H3,(H4-,38,39,40,41,43,44,45,46,47,48,49);3H2,1-2H3;2-3H2,1H3;2*2H2,1H3. The Labute approximate surface area is 722 Å². The van der Waals surface area contributed by atoms with E-state index in [9.17, 15) is 64.3 Å². The zero-order chi connectivity index (χ0) is 90.4. The number of amides is 8. The molecule has 0 aromatic heterocycles. The summed E-state index contributed by atoms with van der Waals surface area (Å²) in [6, 6.07) is 0. The second kappa shape index (κ2) is 67.2. The first-order valence-electron chi connectivity index (χ1n) is 42.2. The molecule has 116 heavy (non-hydrogen) atoms. The number of hydrogen-bond acceptors (Lipinski definition) is 24. The Morgan fingerprint density at radius 2 is 0.810 bits per heavy atom. The second-order valence-electron chi connectivity index (χ2n) is 33.7. The van der Waals surface area contributed by atoms with Crippen LogP contribution in [0.25, 0.3) is 0 Å². The largest absolute Gasteiger partial charge is 0.748 e. The molecule has 0 bridgehead atoms. The normalized spacial score (nSPS) is 15.3. The third kappa shape index (κ3) is 61.9. The van der Waals surface area contributed by atoms with Crippen LogP contribution in [-0.4, -0.2) is 269 Å². The van der Waals surface area contributed by atoms with Gasteiger partial charge < -0.3 is 94.0 Å². The monoisotopic (exact) mass is 1770 g/mol. The molecule has 36 heteroatoms. The molecule has 1 aliphatic rings. The van der Waals surface area contributed by atoms with E-state index >= 15 is 0 Å². The molecule has 1 saturated heterocycles. The quantitative estimate of drug-likeness (QED) is 0.00990. The van der Waals surface area contributed by atoms with Gasteiger partial charge in [-0.2, -0.15) is 25.3 Å². The van der Waals surface area contributed by atoms with Gasteiger partial charge in [0, 0.05) is 158 Å². The predicted molar refractivity (Wildman–Crippen MR) is 485 cm³/mol. The second-order valence-corrected chi connectivity index (χ2v) is 40.7. The van der Waals surface area contributed by atoms with E-state index in [1.54, 1.807) is 20.8 Å². The molecule has 1 heterocycles. The van der Waals surface area contributed by atoms with Crippen molar-refractivity contribution >= 4 is 114 Å². The van der Waals surface area contributed by atoms with Crippen LogP contribution < -0.4 is 71.2 Å². The van der Waals surface area contributed by atoms with Crippen molar-refractivity contribution < 1.29 is 78.0 Å². The molecule has 8 amide bonds. The average Bonchev–Trinajstić information content (AvgIpc) is 0.849. The zero-order valence-electron chi connectivity index (χ0n) is 75.4. The van der Waals surface area contributed by atoms with Crippen LogP contribution >= 0.6 is 46.8 Å². The predicted octanol–water partition coefficient (Wildman–Crippen LogP) is 6.69. The van der Waals surface area contributed by atoms with Crippen LogP contribution in [-0.2, 0) is 63.3 Å². The minimum Gasteiger partial charge on any atom is -0.748 e. The van der Waals surface area contributed by atoms with Crippen molar-refractivity contribution in [3.8, 4) is 0 Å². The number of nitrogens with zero attached hydrogens (tertiary/aromatic N) is 2. The first kappa shape index (κ1) is 121. The summed E-state index contributed by atoms with van der Waals surface area (Å²) < 4.78 is 72.5. The fourth-order valence-corrected chi connectivity index (χ4v) is 18.3. The van der Waals surface area contributed by atoms with E-state index in [1.807, 2.05) is 105 Å². The molecule has 690 valence electrons. The minimum atomic E-state index is -4.28. The molecule has 1 fully saturated rings. The molecule has 30 nitrogen and oxygen atoms in total. The van der Waals surface area contributed by atoms with Gasteiger partial charge in [-0.15, -0.1) is 0 Å². The van der Waals surface area contributed by atoms with Gasteiger partial charge in [-0.25, -0.2) is 16.8 Å². The Morgan fingerprint density at radius 1 is 0.466 bits per heavy atom. The number of nitrogens with two attached hydrogens (primary N) is 5. The van der Waals surface area contributed by atoms with Crippen LogP contribution in [0, 0.1) is 32.5 Å². The van der Waals surface area contributed by atoms with Gasteiger partial charge in [0.05, 0.1) is 87.8 Å². The number of nitrogens with one attached hydrogen (secondary N) is 8. The molecule has 1 rings (SSSR count). The van der Waals surface area contributed by atoms with Crippen LogP contribution in [0.1, 0.15) is 244 Å². The highest BCUT2D eigenvalue weighted by Crippen LogP contribution is 2.46. The van der Waals surface area contributed by atoms with Gasteiger partial charge in [0.1, 0.15) is 0 Å². The molecule has 0 spiro atoms. The molecule has 0 aliphatic carbocycles. The van der Waals surface area contributed by atoms with Gasteiger partial charge in [0.25, 0.3) is 0 Å². The number of unbranched alkanes of at least 4 members (excludes halogenated alkanes) is 2. The van der Waals surface area contributed by atoms with Crippen molar-refractivity contribution in [3.05, 3.63) is 0 Å². The van der Waals surface area contributed by atoms with Crippen molar-refractivity contribution in [2.75, 3.05) is 177 Å². The number of hydrogen-bond donors (Lipinski definition) is 15. The molecule has 0 saturated carbocycles. The van der Waals surface area contributed by atoms with Crippen LogP contribution in [0.15, 0.2) is 0 Å². The number of carbonyl (C=O) groups is 8. The lowest BCUT2D eigenvalue weighted by molar-refractivity contribution is -0.890. The minimum absolute atomic E-state index is 0.0170. The van der Waals surface area contributed by atoms with E-state index in [1.165, 1.54) is 32.7 Å². The van der Waals surface area contributed by atoms with Crippen molar-refractivity contribution in [3.63, 3.8) is 0 Å². The Bertz CT molecular complexity index is 2890. The van der Waals surface area contributed by atoms with Crippen molar-refractivity contribution in [2.45, 2.75) is 255 Å². The van der Waals surface area contributed by atoms with Gasteiger partial charge in [0.2, 0.25) is 47.3 Å². The third-order valence-corrected chi connectivity index (χ3v) is 25.3. The SMILES string of the molecule is CCC.CCC(C)(CC(C)(CC(C)(C)C(=O)NCCCNC(=O)CCCCC(S)CCS)C(=O)NCCC[N+](C)(C)CCCS(=O)(=O)[O-])C(=O)NCCOCCN.CCC(C)(CC(C)(CC(C)(C)C(=O)NCCCNC(=O)CCCCC1CCSS1)C(=O)NCCC[N+](C)(C)CCCS(=O)(=O)[O-])C(=O)NCCCN.CCN.CN.CN. The third-order valence-electron chi connectivity index (χ3n) is 19.9. The van der Waals surface area contributed by atoms with E-state index in [2.05, 4.69) is 93.1 Å². The summed E-state index contributed by atoms with van der Waals surface area (Å²) in [6.45, 7) is 32.2. The molecule has 1 aliphatic heterocycles. The maximum absolute atomic E-state index is 14.1.